The molecule has 0 amide bonds. The van der Waals surface area contributed by atoms with Crippen molar-refractivity contribution in [2.45, 2.75) is 12.3 Å². The second-order valence-electron chi connectivity index (χ2n) is 8.12. The SMILES string of the molecule is COC(=O)C[C@H]1c2c(cc(O)c3c(=O)c(O)c(-c4ccc(O)c(O)c4)oc23)Oc2nc3sccn3c21. The number of fused-ring (bicyclic) bond motifs is 6. The van der Waals surface area contributed by atoms with E-state index in [2.05, 4.69) is 4.98 Å². The summed E-state index contributed by atoms with van der Waals surface area (Å²) >= 11 is 1.36. The lowest BCUT2D eigenvalue weighted by Gasteiger charge is -2.26. The standard InChI is InChI=1S/C24H16N2O9S/c1-33-15(30)7-10-16-14(34-23-18(10)26-4-5-36-24(26)25-23)8-13(29)17-19(31)20(32)21(35-22(16)17)9-2-3-11(27)12(28)6-9/h2-6,8,10,27-29,32H,7H2,1H3/t10-/m0/s1. The maximum Gasteiger partial charge on any atom is 0.306 e. The molecule has 0 spiro atoms. The van der Waals surface area contributed by atoms with E-state index in [1.54, 1.807) is 10.6 Å². The Hall–Kier alpha value is -4.71. The Balaban J connectivity index is 1.70. The van der Waals surface area contributed by atoms with Crippen molar-refractivity contribution in [3.05, 3.63) is 57.3 Å². The molecule has 1 aliphatic rings. The molecule has 0 radical (unpaired) electrons. The molecule has 0 bridgehead atoms. The van der Waals surface area contributed by atoms with Crippen LogP contribution in [0, 0.1) is 0 Å². The second kappa shape index (κ2) is 7.65. The molecule has 11 nitrogen and oxygen atoms in total. The summed E-state index contributed by atoms with van der Waals surface area (Å²) in [6, 6.07) is 4.82. The van der Waals surface area contributed by atoms with E-state index >= 15 is 0 Å². The summed E-state index contributed by atoms with van der Waals surface area (Å²) in [6.45, 7) is 0. The van der Waals surface area contributed by atoms with Crippen molar-refractivity contribution in [2.24, 2.45) is 0 Å². The minimum Gasteiger partial charge on any atom is -0.507 e. The van der Waals surface area contributed by atoms with Crippen LogP contribution in [-0.4, -0.2) is 42.9 Å². The summed E-state index contributed by atoms with van der Waals surface area (Å²) in [5.74, 6) is -3.49. The number of carbonyl (C=O) groups is 1. The van der Waals surface area contributed by atoms with Crippen LogP contribution in [0.15, 0.2) is 45.1 Å². The molecule has 182 valence electrons. The lowest BCUT2D eigenvalue weighted by molar-refractivity contribution is -0.140. The van der Waals surface area contributed by atoms with Gasteiger partial charge in [-0.25, -0.2) is 0 Å². The van der Waals surface area contributed by atoms with Gasteiger partial charge in [0.15, 0.2) is 22.2 Å². The third kappa shape index (κ3) is 3.01. The number of aromatic nitrogens is 2. The number of methoxy groups -OCH3 is 1. The lowest BCUT2D eigenvalue weighted by atomic mass is 9.88. The molecule has 5 aromatic rings. The van der Waals surface area contributed by atoms with Crippen molar-refractivity contribution in [3.63, 3.8) is 0 Å². The molecule has 0 unspecified atom stereocenters. The van der Waals surface area contributed by atoms with E-state index in [0.717, 1.165) is 6.07 Å². The predicted octanol–water partition coefficient (Wildman–Crippen LogP) is 3.79. The third-order valence-corrected chi connectivity index (χ3v) is 6.87. The minimum absolute atomic E-state index is 0.0883. The van der Waals surface area contributed by atoms with Crippen LogP contribution in [0.2, 0.25) is 0 Å². The van der Waals surface area contributed by atoms with Crippen LogP contribution in [0.25, 0.3) is 27.3 Å². The fraction of sp³-hybridized carbons (Fsp3) is 0.125. The number of thiazole rings is 1. The molecular weight excluding hydrogens is 492 g/mol. The maximum absolute atomic E-state index is 13.2. The summed E-state index contributed by atoms with van der Waals surface area (Å²) in [6.07, 6.45) is 1.60. The van der Waals surface area contributed by atoms with Gasteiger partial charge < -0.3 is 34.3 Å². The quantitative estimate of drug-likeness (QED) is 0.208. The molecule has 6 rings (SSSR count). The molecule has 0 saturated heterocycles. The van der Waals surface area contributed by atoms with Crippen LogP contribution >= 0.6 is 11.3 Å². The van der Waals surface area contributed by atoms with Crippen molar-refractivity contribution in [1.82, 2.24) is 9.38 Å². The van der Waals surface area contributed by atoms with Crippen LogP contribution in [0.4, 0.5) is 0 Å². The smallest absolute Gasteiger partial charge is 0.306 e. The summed E-state index contributed by atoms with van der Waals surface area (Å²) < 4.78 is 18.6. The van der Waals surface area contributed by atoms with Gasteiger partial charge in [-0.2, -0.15) is 4.98 Å². The molecular formula is C24H16N2O9S. The highest BCUT2D eigenvalue weighted by Crippen LogP contribution is 2.51. The van der Waals surface area contributed by atoms with Gasteiger partial charge in [0.05, 0.1) is 19.2 Å². The van der Waals surface area contributed by atoms with Gasteiger partial charge in [-0.05, 0) is 18.2 Å². The molecule has 0 fully saturated rings. The zero-order valence-electron chi connectivity index (χ0n) is 18.4. The number of benzene rings is 2. The Morgan fingerprint density at radius 1 is 1.17 bits per heavy atom. The van der Waals surface area contributed by atoms with E-state index < -0.39 is 40.3 Å². The fourth-order valence-electron chi connectivity index (χ4n) is 4.47. The average Bonchev–Trinajstić information content (AvgIpc) is 3.43. The van der Waals surface area contributed by atoms with Gasteiger partial charge in [0.25, 0.3) is 0 Å². The molecule has 12 heteroatoms. The number of carbonyl (C=O) groups excluding carboxylic acids is 1. The predicted molar refractivity (Wildman–Crippen MR) is 126 cm³/mol. The van der Waals surface area contributed by atoms with Crippen molar-refractivity contribution < 1.29 is 39.1 Å². The maximum atomic E-state index is 13.2. The highest BCUT2D eigenvalue weighted by atomic mass is 32.1. The molecule has 1 atom stereocenters. The molecule has 4 heterocycles. The number of hydrogen-bond acceptors (Lipinski definition) is 11. The van der Waals surface area contributed by atoms with Crippen LogP contribution in [0.1, 0.15) is 23.6 Å². The lowest BCUT2D eigenvalue weighted by Crippen LogP contribution is -2.18. The van der Waals surface area contributed by atoms with Crippen molar-refractivity contribution >= 4 is 33.2 Å². The van der Waals surface area contributed by atoms with E-state index in [4.69, 9.17) is 13.9 Å². The number of imidazole rings is 1. The molecule has 36 heavy (non-hydrogen) atoms. The first-order valence-corrected chi connectivity index (χ1v) is 11.4. The monoisotopic (exact) mass is 508 g/mol. The number of nitrogens with zero attached hydrogens (tertiary/aromatic N) is 2. The van der Waals surface area contributed by atoms with Crippen LogP contribution in [0.3, 0.4) is 0 Å². The molecule has 4 N–H and O–H groups in total. The Kier molecular flexibility index (Phi) is 4.63. The summed E-state index contributed by atoms with van der Waals surface area (Å²) in [5, 5.41) is 42.4. The fourth-order valence-corrected chi connectivity index (χ4v) is 5.19. The highest BCUT2D eigenvalue weighted by molar-refractivity contribution is 7.15. The van der Waals surface area contributed by atoms with Crippen LogP contribution in [-0.2, 0) is 9.53 Å². The summed E-state index contributed by atoms with van der Waals surface area (Å²) in [7, 11) is 1.25. The number of rotatable bonds is 3. The number of phenols is 3. The molecule has 2 aromatic carbocycles. The van der Waals surface area contributed by atoms with Gasteiger partial charge in [0.2, 0.25) is 17.1 Å². The van der Waals surface area contributed by atoms with Gasteiger partial charge >= 0.3 is 5.97 Å². The third-order valence-electron chi connectivity index (χ3n) is 6.11. The van der Waals surface area contributed by atoms with Crippen molar-refractivity contribution in [3.8, 4) is 46.0 Å². The van der Waals surface area contributed by atoms with Crippen molar-refractivity contribution in [2.75, 3.05) is 7.11 Å². The minimum atomic E-state index is -0.935. The Morgan fingerprint density at radius 2 is 1.97 bits per heavy atom. The largest absolute Gasteiger partial charge is 0.507 e. The number of ether oxygens (including phenoxy) is 2. The molecule has 1 aliphatic heterocycles. The van der Waals surface area contributed by atoms with E-state index in [1.807, 2.05) is 5.38 Å². The Morgan fingerprint density at radius 3 is 2.72 bits per heavy atom. The van der Waals surface area contributed by atoms with E-state index in [1.165, 1.54) is 36.6 Å². The van der Waals surface area contributed by atoms with Crippen molar-refractivity contribution in [1.29, 1.82) is 0 Å². The topological polar surface area (TPSA) is 164 Å². The van der Waals surface area contributed by atoms with Crippen LogP contribution in [0.5, 0.6) is 34.6 Å². The van der Waals surface area contributed by atoms with Gasteiger partial charge in [-0.15, -0.1) is 11.3 Å². The zero-order chi connectivity index (χ0) is 25.3. The Labute approximate surface area is 204 Å². The van der Waals surface area contributed by atoms with Gasteiger partial charge in [-0.3, -0.25) is 14.0 Å². The van der Waals surface area contributed by atoms with Gasteiger partial charge in [0, 0.05) is 34.7 Å². The first kappa shape index (κ1) is 21.8. The highest BCUT2D eigenvalue weighted by Gasteiger charge is 2.38. The summed E-state index contributed by atoms with van der Waals surface area (Å²) in [4.78, 5) is 30.7. The molecule has 3 aromatic heterocycles. The number of phenolic OH excluding ortho intramolecular Hbond substituents is 3. The first-order chi connectivity index (χ1) is 17.3. The van der Waals surface area contributed by atoms with Crippen LogP contribution < -0.4 is 10.2 Å². The molecule has 0 saturated carbocycles. The van der Waals surface area contributed by atoms with E-state index in [9.17, 15) is 30.0 Å². The molecule has 0 aliphatic carbocycles. The van der Waals surface area contributed by atoms with Gasteiger partial charge in [-0.1, -0.05) is 0 Å². The number of hydrogen-bond donors (Lipinski definition) is 4. The summed E-state index contributed by atoms with van der Waals surface area (Å²) in [5.41, 5.74) is -0.174. The van der Waals surface area contributed by atoms with E-state index in [0.29, 0.717) is 10.7 Å². The second-order valence-corrected chi connectivity index (χ2v) is 8.99. The number of esters is 1. The van der Waals surface area contributed by atoms with Gasteiger partial charge in [0.1, 0.15) is 22.5 Å². The average molecular weight is 508 g/mol. The number of aromatic hydroxyl groups is 4. The zero-order valence-corrected chi connectivity index (χ0v) is 19.2. The normalized spacial score (nSPS) is 14.4. The first-order valence-electron chi connectivity index (χ1n) is 10.6. The van der Waals surface area contributed by atoms with E-state index in [-0.39, 0.29) is 45.9 Å². The Bertz CT molecular complexity index is 1780.